The summed E-state index contributed by atoms with van der Waals surface area (Å²) in [6, 6.07) is 13.5. The number of thiophene rings is 1. The third-order valence-corrected chi connectivity index (χ3v) is 9.19. The van der Waals surface area contributed by atoms with Crippen LogP contribution in [0.15, 0.2) is 72.9 Å². The zero-order chi connectivity index (χ0) is 28.8. The number of hydrogen-bond donors (Lipinski definition) is 1. The monoisotopic (exact) mass is 579 g/mol. The molecule has 0 bridgehead atoms. The second kappa shape index (κ2) is 10.8. The molecule has 0 spiro atoms. The maximum Gasteiger partial charge on any atom is 0.246 e. The van der Waals surface area contributed by atoms with E-state index in [9.17, 15) is 9.18 Å². The Kier molecular flexibility index (Phi) is 6.84. The predicted octanol–water partition coefficient (Wildman–Crippen LogP) is 5.90. The number of fused-ring (bicyclic) bond motifs is 2. The lowest BCUT2D eigenvalue weighted by molar-refractivity contribution is -0.131. The SMILES string of the molecule is C=CC(=O)N1CC(n2cc(-c3nc(-c4ccc5c(c4)CCNCC5)c4ccsc4c3-c3ccc(F)cc3OC)cn2)C1. The molecule has 5 heterocycles. The van der Waals surface area contributed by atoms with Gasteiger partial charge in [0.25, 0.3) is 0 Å². The summed E-state index contributed by atoms with van der Waals surface area (Å²) in [5.41, 5.74) is 7.97. The predicted molar refractivity (Wildman–Crippen MR) is 164 cm³/mol. The van der Waals surface area contributed by atoms with Gasteiger partial charge < -0.3 is 15.0 Å². The molecule has 2 aliphatic rings. The number of hydrogen-bond acceptors (Lipinski definition) is 6. The van der Waals surface area contributed by atoms with Crippen molar-refractivity contribution in [1.82, 2.24) is 25.0 Å². The van der Waals surface area contributed by atoms with E-state index in [4.69, 9.17) is 9.72 Å². The fraction of sp³-hybridized carbons (Fsp3) is 0.242. The largest absolute Gasteiger partial charge is 0.496 e. The Labute approximate surface area is 247 Å². The summed E-state index contributed by atoms with van der Waals surface area (Å²) in [5, 5.41) is 11.3. The van der Waals surface area contributed by atoms with E-state index in [0.717, 1.165) is 69.7 Å². The molecule has 7 rings (SSSR count). The van der Waals surface area contributed by atoms with Gasteiger partial charge in [0.2, 0.25) is 5.91 Å². The molecule has 2 aromatic carbocycles. The first-order valence-corrected chi connectivity index (χ1v) is 15.0. The van der Waals surface area contributed by atoms with Gasteiger partial charge in [-0.15, -0.1) is 11.3 Å². The van der Waals surface area contributed by atoms with Crippen molar-refractivity contribution in [3.63, 3.8) is 0 Å². The molecule has 1 amide bonds. The van der Waals surface area contributed by atoms with Crippen molar-refractivity contribution in [3.8, 4) is 39.4 Å². The van der Waals surface area contributed by atoms with E-state index in [1.807, 2.05) is 17.1 Å². The summed E-state index contributed by atoms with van der Waals surface area (Å²) in [4.78, 5) is 19.1. The van der Waals surface area contributed by atoms with Crippen molar-refractivity contribution >= 4 is 27.3 Å². The molecule has 1 N–H and O–H groups in total. The molecule has 7 nitrogen and oxygen atoms in total. The molecule has 3 aromatic heterocycles. The first-order chi connectivity index (χ1) is 20.5. The van der Waals surface area contributed by atoms with Gasteiger partial charge in [0.1, 0.15) is 11.6 Å². The standard InChI is InChI=1S/C33H30FN5O2S/c1-3-29(40)38-18-25(19-38)39-17-23(16-36-39)32-30(26-7-6-24(34)15-28(26)41-2)33-27(10-13-42-33)31(37-32)22-5-4-20-8-11-35-12-9-21(20)14-22/h3-7,10,13-17,25,35H,1,8-9,11-12,18-19H2,2H3. The lowest BCUT2D eigenvalue weighted by atomic mass is 9.94. The molecule has 212 valence electrons. The van der Waals surface area contributed by atoms with E-state index < -0.39 is 0 Å². The van der Waals surface area contributed by atoms with Crippen molar-refractivity contribution in [3.05, 3.63) is 89.8 Å². The van der Waals surface area contributed by atoms with Crippen LogP contribution in [0, 0.1) is 5.82 Å². The number of likely N-dealkylation sites (tertiary alicyclic amines) is 1. The van der Waals surface area contributed by atoms with Crippen LogP contribution in [0.2, 0.25) is 0 Å². The van der Waals surface area contributed by atoms with Crippen LogP contribution < -0.4 is 10.1 Å². The first-order valence-electron chi connectivity index (χ1n) is 14.1. The second-order valence-corrected chi connectivity index (χ2v) is 11.7. The highest BCUT2D eigenvalue weighted by Gasteiger charge is 2.32. The van der Waals surface area contributed by atoms with Crippen LogP contribution in [-0.2, 0) is 17.6 Å². The van der Waals surface area contributed by atoms with Crippen molar-refractivity contribution in [2.24, 2.45) is 0 Å². The maximum absolute atomic E-state index is 14.3. The number of aromatic nitrogens is 3. The molecule has 1 fully saturated rings. The molecule has 0 saturated carbocycles. The van der Waals surface area contributed by atoms with E-state index in [1.54, 1.807) is 29.4 Å². The fourth-order valence-electron chi connectivity index (χ4n) is 5.99. The molecule has 0 aliphatic carbocycles. The van der Waals surface area contributed by atoms with Crippen LogP contribution in [0.5, 0.6) is 5.75 Å². The van der Waals surface area contributed by atoms with E-state index >= 15 is 0 Å². The van der Waals surface area contributed by atoms with Crippen molar-refractivity contribution in [2.45, 2.75) is 18.9 Å². The van der Waals surface area contributed by atoms with Gasteiger partial charge in [-0.25, -0.2) is 9.37 Å². The molecule has 0 radical (unpaired) electrons. The number of methoxy groups -OCH3 is 1. The number of rotatable bonds is 6. The molecule has 0 unspecified atom stereocenters. The normalized spacial score (nSPS) is 15.2. The number of nitrogens with zero attached hydrogens (tertiary/aromatic N) is 4. The Balaban J connectivity index is 1.40. The summed E-state index contributed by atoms with van der Waals surface area (Å²) in [6.45, 7) is 6.70. The highest BCUT2D eigenvalue weighted by molar-refractivity contribution is 7.18. The lowest BCUT2D eigenvalue weighted by Crippen LogP contribution is -2.50. The molecular formula is C33H30FN5O2S. The fourth-order valence-corrected chi connectivity index (χ4v) is 6.94. The van der Waals surface area contributed by atoms with Crippen LogP contribution in [-0.4, -0.2) is 58.9 Å². The molecule has 2 aliphatic heterocycles. The summed E-state index contributed by atoms with van der Waals surface area (Å²) in [6.07, 6.45) is 7.16. The molecule has 1 saturated heterocycles. The zero-order valence-electron chi connectivity index (χ0n) is 23.3. The van der Waals surface area contributed by atoms with Crippen LogP contribution in [0.25, 0.3) is 43.7 Å². The molecule has 0 atom stereocenters. The number of carbonyl (C=O) groups is 1. The summed E-state index contributed by atoms with van der Waals surface area (Å²) >= 11 is 1.64. The number of benzene rings is 2. The van der Waals surface area contributed by atoms with Crippen LogP contribution in [0.1, 0.15) is 17.2 Å². The zero-order valence-corrected chi connectivity index (χ0v) is 24.1. The first kappa shape index (κ1) is 26.6. The number of pyridine rings is 1. The highest BCUT2D eigenvalue weighted by Crippen LogP contribution is 2.46. The average Bonchev–Trinajstić information content (AvgIpc) is 3.60. The number of nitrogens with one attached hydrogen (secondary N) is 1. The van der Waals surface area contributed by atoms with Gasteiger partial charge in [0.15, 0.2) is 0 Å². The van der Waals surface area contributed by atoms with Gasteiger partial charge in [0, 0.05) is 57.7 Å². The average molecular weight is 580 g/mol. The Morgan fingerprint density at radius 1 is 1.10 bits per heavy atom. The van der Waals surface area contributed by atoms with E-state index in [0.29, 0.717) is 18.8 Å². The third-order valence-electron chi connectivity index (χ3n) is 8.26. The molecule has 9 heteroatoms. The minimum atomic E-state index is -0.361. The third kappa shape index (κ3) is 4.59. The van der Waals surface area contributed by atoms with E-state index in [2.05, 4.69) is 46.6 Å². The topological polar surface area (TPSA) is 72.3 Å². The Bertz CT molecular complexity index is 1840. The highest BCUT2D eigenvalue weighted by atomic mass is 32.1. The number of halogens is 1. The minimum absolute atomic E-state index is 0.0738. The van der Waals surface area contributed by atoms with Crippen LogP contribution in [0.3, 0.4) is 0 Å². The number of ether oxygens (including phenoxy) is 1. The van der Waals surface area contributed by atoms with Crippen molar-refractivity contribution in [1.29, 1.82) is 0 Å². The van der Waals surface area contributed by atoms with E-state index in [1.165, 1.54) is 29.3 Å². The van der Waals surface area contributed by atoms with Crippen molar-refractivity contribution < 1.29 is 13.9 Å². The van der Waals surface area contributed by atoms with Gasteiger partial charge in [-0.2, -0.15) is 5.10 Å². The Morgan fingerprint density at radius 2 is 1.93 bits per heavy atom. The van der Waals surface area contributed by atoms with Crippen LogP contribution >= 0.6 is 11.3 Å². The smallest absolute Gasteiger partial charge is 0.246 e. The Hall–Kier alpha value is -4.34. The number of carbonyl (C=O) groups excluding carboxylic acids is 1. The van der Waals surface area contributed by atoms with Gasteiger partial charge in [-0.1, -0.05) is 18.7 Å². The van der Waals surface area contributed by atoms with E-state index in [-0.39, 0.29) is 17.8 Å². The lowest BCUT2D eigenvalue weighted by Gasteiger charge is -2.38. The maximum atomic E-state index is 14.3. The summed E-state index contributed by atoms with van der Waals surface area (Å²) < 4.78 is 22.9. The molecular weight excluding hydrogens is 549 g/mol. The molecule has 5 aromatic rings. The number of amides is 1. The quantitative estimate of drug-likeness (QED) is 0.254. The van der Waals surface area contributed by atoms with Gasteiger partial charge >= 0.3 is 0 Å². The Morgan fingerprint density at radius 3 is 2.74 bits per heavy atom. The van der Waals surface area contributed by atoms with Gasteiger partial charge in [-0.05, 0) is 72.8 Å². The summed E-state index contributed by atoms with van der Waals surface area (Å²) in [7, 11) is 1.56. The summed E-state index contributed by atoms with van der Waals surface area (Å²) in [5.74, 6) is 0.0124. The van der Waals surface area contributed by atoms with Crippen LogP contribution in [0.4, 0.5) is 4.39 Å². The molecule has 42 heavy (non-hydrogen) atoms. The van der Waals surface area contributed by atoms with Gasteiger partial charge in [0.05, 0.1) is 30.7 Å². The van der Waals surface area contributed by atoms with Gasteiger partial charge in [-0.3, -0.25) is 9.48 Å². The minimum Gasteiger partial charge on any atom is -0.496 e. The van der Waals surface area contributed by atoms with Crippen molar-refractivity contribution in [2.75, 3.05) is 33.3 Å². The second-order valence-electron chi connectivity index (χ2n) is 10.7.